The van der Waals surface area contributed by atoms with E-state index < -0.39 is 11.6 Å². The van der Waals surface area contributed by atoms with Gasteiger partial charge < -0.3 is 15.0 Å². The monoisotopic (exact) mass is 400 g/mol. The van der Waals surface area contributed by atoms with Crippen molar-refractivity contribution < 1.29 is 19.1 Å². The quantitative estimate of drug-likeness (QED) is 0.723. The van der Waals surface area contributed by atoms with Crippen LogP contribution in [0, 0.1) is 6.92 Å². The van der Waals surface area contributed by atoms with Gasteiger partial charge in [0.05, 0.1) is 18.7 Å². The molecule has 1 amide bonds. The van der Waals surface area contributed by atoms with Crippen LogP contribution in [-0.2, 0) is 20.7 Å². The summed E-state index contributed by atoms with van der Waals surface area (Å²) in [5.41, 5.74) is 0.965. The van der Waals surface area contributed by atoms with Gasteiger partial charge in [-0.2, -0.15) is 0 Å². The van der Waals surface area contributed by atoms with E-state index in [1.807, 2.05) is 42.6 Å². The van der Waals surface area contributed by atoms with Crippen LogP contribution in [0.3, 0.4) is 0 Å². The molecule has 1 N–H and O–H groups in total. The second kappa shape index (κ2) is 8.14. The van der Waals surface area contributed by atoms with E-state index in [4.69, 9.17) is 4.74 Å². The van der Waals surface area contributed by atoms with Gasteiger partial charge in [-0.15, -0.1) is 11.3 Å². The highest BCUT2D eigenvalue weighted by Crippen LogP contribution is 2.40. The summed E-state index contributed by atoms with van der Waals surface area (Å²) in [7, 11) is 0. The lowest BCUT2D eigenvalue weighted by Crippen LogP contribution is -2.69. The molecule has 0 bridgehead atoms. The maximum Gasteiger partial charge on any atom is 0.353 e. The Labute approximate surface area is 168 Å². The van der Waals surface area contributed by atoms with E-state index in [0.29, 0.717) is 23.4 Å². The second-order valence-electron chi connectivity index (χ2n) is 6.91. The van der Waals surface area contributed by atoms with Crippen molar-refractivity contribution in [3.63, 3.8) is 0 Å². The fourth-order valence-electron chi connectivity index (χ4n) is 3.51. The van der Waals surface area contributed by atoms with Gasteiger partial charge in [-0.3, -0.25) is 9.59 Å². The van der Waals surface area contributed by atoms with Crippen molar-refractivity contribution in [3.8, 4) is 0 Å². The molecule has 6 nitrogen and oxygen atoms in total. The molecule has 2 heterocycles. The highest BCUT2D eigenvalue weighted by molar-refractivity contribution is 7.15. The molecular weight excluding hydrogens is 376 g/mol. The molecule has 1 aromatic heterocycles. The Morgan fingerprint density at radius 1 is 1.25 bits per heavy atom. The lowest BCUT2D eigenvalue weighted by molar-refractivity contribution is -0.151. The molecule has 0 fully saturated rings. The number of carbonyl (C=O) groups is 3. The number of nitrogens with zero attached hydrogens (tertiary/aromatic N) is 1. The number of ketones is 1. The molecule has 1 aliphatic heterocycles. The van der Waals surface area contributed by atoms with Crippen molar-refractivity contribution in [1.82, 2.24) is 5.32 Å². The number of benzene rings is 1. The lowest BCUT2D eigenvalue weighted by atomic mass is 9.93. The first-order valence-corrected chi connectivity index (χ1v) is 10.2. The largest absolute Gasteiger partial charge is 0.463 e. The highest BCUT2D eigenvalue weighted by Gasteiger charge is 2.52. The van der Waals surface area contributed by atoms with Gasteiger partial charge in [-0.1, -0.05) is 30.3 Å². The van der Waals surface area contributed by atoms with Crippen LogP contribution < -0.4 is 10.2 Å². The molecule has 1 aromatic carbocycles. The third kappa shape index (κ3) is 3.67. The number of thiophene rings is 1. The minimum Gasteiger partial charge on any atom is -0.463 e. The van der Waals surface area contributed by atoms with E-state index in [1.54, 1.807) is 11.8 Å². The van der Waals surface area contributed by atoms with Gasteiger partial charge in [0.1, 0.15) is 10.8 Å². The summed E-state index contributed by atoms with van der Waals surface area (Å²) in [6.45, 7) is 5.25. The number of anilines is 1. The zero-order valence-corrected chi connectivity index (χ0v) is 17.1. The van der Waals surface area contributed by atoms with Gasteiger partial charge in [0.2, 0.25) is 5.66 Å². The maximum absolute atomic E-state index is 13.1. The van der Waals surface area contributed by atoms with Crippen molar-refractivity contribution in [3.05, 3.63) is 52.4 Å². The van der Waals surface area contributed by atoms with Gasteiger partial charge >= 0.3 is 5.97 Å². The molecule has 0 saturated carbocycles. The number of Topliss-reactive ketones (excluding diaryl/α,β-unsaturated/α-hetero) is 1. The van der Waals surface area contributed by atoms with Crippen molar-refractivity contribution >= 4 is 34.0 Å². The van der Waals surface area contributed by atoms with E-state index >= 15 is 0 Å². The zero-order valence-electron chi connectivity index (χ0n) is 16.3. The third-order valence-corrected chi connectivity index (χ3v) is 5.94. The van der Waals surface area contributed by atoms with E-state index in [-0.39, 0.29) is 24.8 Å². The number of aryl methyl sites for hydroxylation is 2. The van der Waals surface area contributed by atoms with Crippen LogP contribution in [0.25, 0.3) is 0 Å². The fraction of sp³-hybridized carbons (Fsp3) is 0.381. The number of hydrogen-bond acceptors (Lipinski definition) is 6. The Hall–Kier alpha value is -2.67. The van der Waals surface area contributed by atoms with E-state index in [0.717, 1.165) is 11.1 Å². The highest BCUT2D eigenvalue weighted by atomic mass is 32.1. The Morgan fingerprint density at radius 3 is 2.61 bits per heavy atom. The summed E-state index contributed by atoms with van der Waals surface area (Å²) < 4.78 is 5.35. The molecule has 3 rings (SSSR count). The van der Waals surface area contributed by atoms with Crippen LogP contribution in [0.2, 0.25) is 0 Å². The molecule has 0 spiro atoms. The van der Waals surface area contributed by atoms with Crippen LogP contribution in [0.4, 0.5) is 5.00 Å². The minimum absolute atomic E-state index is 0.0147. The third-order valence-electron chi connectivity index (χ3n) is 4.82. The van der Waals surface area contributed by atoms with Crippen LogP contribution in [-0.4, -0.2) is 36.5 Å². The topological polar surface area (TPSA) is 75.7 Å². The summed E-state index contributed by atoms with van der Waals surface area (Å²) in [5.74, 6) is -0.951. The number of ether oxygens (including phenoxy) is 1. The molecule has 1 unspecified atom stereocenters. The summed E-state index contributed by atoms with van der Waals surface area (Å²) in [4.78, 5) is 39.8. The number of rotatable bonds is 7. The van der Waals surface area contributed by atoms with Gasteiger partial charge in [-0.25, -0.2) is 4.79 Å². The molecule has 0 saturated heterocycles. The van der Waals surface area contributed by atoms with Crippen molar-refractivity contribution in [2.45, 2.75) is 39.3 Å². The number of nitrogens with one attached hydrogen (secondary N) is 1. The number of hydrogen-bond donors (Lipinski definition) is 1. The smallest absolute Gasteiger partial charge is 0.353 e. The van der Waals surface area contributed by atoms with Crippen LogP contribution >= 0.6 is 11.3 Å². The van der Waals surface area contributed by atoms with E-state index in [9.17, 15) is 14.4 Å². The lowest BCUT2D eigenvalue weighted by Gasteiger charge is -2.45. The summed E-state index contributed by atoms with van der Waals surface area (Å²) >= 11 is 1.37. The average molecular weight is 401 g/mol. The van der Waals surface area contributed by atoms with E-state index in [2.05, 4.69) is 5.32 Å². The zero-order chi connectivity index (χ0) is 20.3. The summed E-state index contributed by atoms with van der Waals surface area (Å²) in [6, 6.07) is 9.73. The average Bonchev–Trinajstić information content (AvgIpc) is 3.05. The van der Waals surface area contributed by atoms with Crippen molar-refractivity contribution in [2.24, 2.45) is 0 Å². The molecule has 1 aliphatic rings. The number of amides is 1. The predicted molar refractivity (Wildman–Crippen MR) is 109 cm³/mol. The van der Waals surface area contributed by atoms with E-state index in [1.165, 1.54) is 18.3 Å². The fourth-order valence-corrected chi connectivity index (χ4v) is 4.63. The molecule has 7 heteroatoms. The van der Waals surface area contributed by atoms with Gasteiger partial charge in [0.25, 0.3) is 5.91 Å². The standard InChI is InChI=1S/C21H24N2O4S/c1-4-27-20(26)21(11-10-16-8-6-5-7-9-16)22-18(25)17-14(2)13-28-19(17)23(21)12-15(3)24/h5-9,13H,4,10-12H2,1-3H3,(H,22,25). The van der Waals surface area contributed by atoms with Crippen molar-refractivity contribution in [1.29, 1.82) is 0 Å². The molecular formula is C21H24N2O4S. The first kappa shape index (κ1) is 20.1. The summed E-state index contributed by atoms with van der Waals surface area (Å²) in [5, 5.41) is 5.40. The molecule has 2 aromatic rings. The first-order chi connectivity index (χ1) is 13.4. The van der Waals surface area contributed by atoms with Gasteiger partial charge in [0.15, 0.2) is 0 Å². The van der Waals surface area contributed by atoms with Crippen LogP contribution in [0.5, 0.6) is 0 Å². The molecule has 0 aliphatic carbocycles. The molecule has 0 radical (unpaired) electrons. The SMILES string of the molecule is CCOC(=O)C1(CCc2ccccc2)NC(=O)c2c(C)csc2N1CC(C)=O. The molecule has 28 heavy (non-hydrogen) atoms. The minimum atomic E-state index is -1.42. The summed E-state index contributed by atoms with van der Waals surface area (Å²) in [6.07, 6.45) is 0.847. The number of esters is 1. The Balaban J connectivity index is 2.07. The number of carbonyl (C=O) groups excluding carboxylic acids is 3. The van der Waals surface area contributed by atoms with Gasteiger partial charge in [-0.05, 0) is 43.7 Å². The second-order valence-corrected chi connectivity index (χ2v) is 7.77. The number of fused-ring (bicyclic) bond motifs is 1. The maximum atomic E-state index is 13.1. The first-order valence-electron chi connectivity index (χ1n) is 9.28. The Bertz CT molecular complexity index is 893. The molecule has 148 valence electrons. The Kier molecular flexibility index (Phi) is 5.84. The van der Waals surface area contributed by atoms with Crippen molar-refractivity contribution in [2.75, 3.05) is 18.1 Å². The molecule has 1 atom stereocenters. The normalized spacial score (nSPS) is 18.4. The predicted octanol–water partition coefficient (Wildman–Crippen LogP) is 3.09. The van der Waals surface area contributed by atoms with Crippen LogP contribution in [0.15, 0.2) is 35.7 Å². The van der Waals surface area contributed by atoms with Crippen LogP contribution in [0.1, 0.15) is 41.8 Å². The Morgan fingerprint density at radius 2 is 1.96 bits per heavy atom. The van der Waals surface area contributed by atoms with Gasteiger partial charge in [0, 0.05) is 6.42 Å².